The molecule has 0 bridgehead atoms. The number of hydrogen-bond donors (Lipinski definition) is 1. The van der Waals surface area contributed by atoms with Crippen LogP contribution in [-0.4, -0.2) is 21.0 Å². The molecule has 1 atom stereocenters. The molecule has 1 N–H and O–H groups in total. The molecule has 6 nitrogen and oxygen atoms in total. The van der Waals surface area contributed by atoms with Crippen molar-refractivity contribution in [2.75, 3.05) is 0 Å². The summed E-state index contributed by atoms with van der Waals surface area (Å²) < 4.78 is 5.24. The summed E-state index contributed by atoms with van der Waals surface area (Å²) in [5.41, 5.74) is 1.92. The average molecular weight is 350 g/mol. The lowest BCUT2D eigenvalue weighted by Crippen LogP contribution is -2.28. The van der Waals surface area contributed by atoms with E-state index in [9.17, 15) is 4.79 Å². The van der Waals surface area contributed by atoms with Gasteiger partial charge in [-0.3, -0.25) is 9.78 Å². The standard InChI is InChI=1S/C20H22N4O2/c1-2-7-17(15-8-4-3-5-9-15)22-18(25)11-12-19-23-20(24-26-19)16-10-6-13-21-14-16/h3-6,8-10,13-14,17H,2,7,11-12H2,1H3,(H,22,25)/t17-/m1/s1. The summed E-state index contributed by atoms with van der Waals surface area (Å²) in [6.45, 7) is 2.11. The van der Waals surface area contributed by atoms with Gasteiger partial charge in [0, 0.05) is 30.8 Å². The first kappa shape index (κ1) is 17.8. The third-order valence-electron chi connectivity index (χ3n) is 4.07. The zero-order chi connectivity index (χ0) is 18.2. The van der Waals surface area contributed by atoms with Gasteiger partial charge in [0.2, 0.25) is 17.6 Å². The van der Waals surface area contributed by atoms with Crippen molar-refractivity contribution in [3.8, 4) is 11.4 Å². The van der Waals surface area contributed by atoms with Crippen molar-refractivity contribution in [3.63, 3.8) is 0 Å². The van der Waals surface area contributed by atoms with E-state index in [1.54, 1.807) is 12.4 Å². The minimum atomic E-state index is -0.0200. The summed E-state index contributed by atoms with van der Waals surface area (Å²) >= 11 is 0. The Bertz CT molecular complexity index is 818. The molecule has 0 unspecified atom stereocenters. The molecule has 2 aromatic heterocycles. The molecule has 0 saturated heterocycles. The third-order valence-corrected chi connectivity index (χ3v) is 4.07. The van der Waals surface area contributed by atoms with Gasteiger partial charge in [0.05, 0.1) is 6.04 Å². The summed E-state index contributed by atoms with van der Waals surface area (Å²) in [4.78, 5) is 20.7. The maximum Gasteiger partial charge on any atom is 0.227 e. The lowest BCUT2D eigenvalue weighted by Gasteiger charge is -2.18. The van der Waals surface area contributed by atoms with Crippen LogP contribution in [0.4, 0.5) is 0 Å². The molecule has 2 heterocycles. The molecule has 0 radical (unpaired) electrons. The minimum absolute atomic E-state index is 0.0200. The Kier molecular flexibility index (Phi) is 6.09. The van der Waals surface area contributed by atoms with Crippen LogP contribution >= 0.6 is 0 Å². The van der Waals surface area contributed by atoms with Gasteiger partial charge in [-0.1, -0.05) is 48.8 Å². The molecule has 6 heteroatoms. The lowest BCUT2D eigenvalue weighted by molar-refractivity contribution is -0.122. The van der Waals surface area contributed by atoms with Crippen LogP contribution < -0.4 is 5.32 Å². The second kappa shape index (κ2) is 8.89. The SMILES string of the molecule is CCC[C@@H](NC(=O)CCc1nc(-c2cccnc2)no1)c1ccccc1. The predicted molar refractivity (Wildman–Crippen MR) is 98.1 cm³/mol. The van der Waals surface area contributed by atoms with Crippen LogP contribution in [0.3, 0.4) is 0 Å². The number of nitrogens with zero attached hydrogens (tertiary/aromatic N) is 3. The number of aromatic nitrogens is 3. The Labute approximate surface area is 152 Å². The first-order chi connectivity index (χ1) is 12.8. The molecule has 0 aliphatic carbocycles. The minimum Gasteiger partial charge on any atom is -0.349 e. The van der Waals surface area contributed by atoms with Gasteiger partial charge >= 0.3 is 0 Å². The average Bonchev–Trinajstić information content (AvgIpc) is 3.17. The van der Waals surface area contributed by atoms with Gasteiger partial charge in [0.15, 0.2) is 0 Å². The molecule has 26 heavy (non-hydrogen) atoms. The fourth-order valence-electron chi connectivity index (χ4n) is 2.75. The fraction of sp³-hybridized carbons (Fsp3) is 0.300. The number of carbonyl (C=O) groups excluding carboxylic acids is 1. The molecule has 134 valence electrons. The number of amides is 1. The highest BCUT2D eigenvalue weighted by Gasteiger charge is 2.15. The zero-order valence-corrected chi connectivity index (χ0v) is 14.8. The molecule has 0 aliphatic rings. The molecule has 1 amide bonds. The van der Waals surface area contributed by atoms with Crippen LogP contribution in [0.25, 0.3) is 11.4 Å². The molecule has 0 fully saturated rings. The number of hydrogen-bond acceptors (Lipinski definition) is 5. The first-order valence-corrected chi connectivity index (χ1v) is 8.83. The molecule has 0 aliphatic heterocycles. The monoisotopic (exact) mass is 350 g/mol. The fourth-order valence-corrected chi connectivity index (χ4v) is 2.75. The van der Waals surface area contributed by atoms with Crippen molar-refractivity contribution < 1.29 is 9.32 Å². The summed E-state index contributed by atoms with van der Waals surface area (Å²) in [5, 5.41) is 7.05. The summed E-state index contributed by atoms with van der Waals surface area (Å²) in [7, 11) is 0. The van der Waals surface area contributed by atoms with Crippen LogP contribution in [0.5, 0.6) is 0 Å². The second-order valence-electron chi connectivity index (χ2n) is 6.07. The molecular formula is C20H22N4O2. The predicted octanol–water partition coefficient (Wildman–Crippen LogP) is 3.72. The van der Waals surface area contributed by atoms with Crippen LogP contribution in [0.2, 0.25) is 0 Å². The maximum absolute atomic E-state index is 12.3. The van der Waals surface area contributed by atoms with Crippen molar-refractivity contribution in [3.05, 3.63) is 66.3 Å². The number of pyridine rings is 1. The Hall–Kier alpha value is -3.02. The van der Waals surface area contributed by atoms with Crippen LogP contribution in [-0.2, 0) is 11.2 Å². The largest absolute Gasteiger partial charge is 0.349 e. The summed E-state index contributed by atoms with van der Waals surface area (Å²) in [6.07, 6.45) is 5.98. The normalized spacial score (nSPS) is 11.9. The van der Waals surface area contributed by atoms with Gasteiger partial charge in [-0.25, -0.2) is 0 Å². The van der Waals surface area contributed by atoms with E-state index in [-0.39, 0.29) is 11.9 Å². The molecule has 0 spiro atoms. The van der Waals surface area contributed by atoms with Gasteiger partial charge in [-0.15, -0.1) is 0 Å². The second-order valence-corrected chi connectivity index (χ2v) is 6.07. The Morgan fingerprint density at radius 3 is 2.77 bits per heavy atom. The van der Waals surface area contributed by atoms with Crippen molar-refractivity contribution >= 4 is 5.91 Å². The number of nitrogens with one attached hydrogen (secondary N) is 1. The van der Waals surface area contributed by atoms with Gasteiger partial charge in [-0.2, -0.15) is 4.98 Å². The van der Waals surface area contributed by atoms with Crippen LogP contribution in [0.15, 0.2) is 59.4 Å². The van der Waals surface area contributed by atoms with E-state index < -0.39 is 0 Å². The van der Waals surface area contributed by atoms with E-state index in [1.807, 2.05) is 42.5 Å². The maximum atomic E-state index is 12.3. The number of benzene rings is 1. The topological polar surface area (TPSA) is 80.9 Å². The van der Waals surface area contributed by atoms with Crippen molar-refractivity contribution in [1.82, 2.24) is 20.4 Å². The van der Waals surface area contributed by atoms with Gasteiger partial charge in [-0.05, 0) is 24.1 Å². The number of aryl methyl sites for hydroxylation is 1. The van der Waals surface area contributed by atoms with Crippen molar-refractivity contribution in [1.29, 1.82) is 0 Å². The van der Waals surface area contributed by atoms with Crippen LogP contribution in [0.1, 0.15) is 43.7 Å². The Balaban J connectivity index is 1.56. The lowest BCUT2D eigenvalue weighted by atomic mass is 10.0. The van der Waals surface area contributed by atoms with Crippen molar-refractivity contribution in [2.24, 2.45) is 0 Å². The molecule has 0 saturated carbocycles. The highest BCUT2D eigenvalue weighted by molar-refractivity contribution is 5.76. The smallest absolute Gasteiger partial charge is 0.227 e. The Morgan fingerprint density at radius 2 is 2.04 bits per heavy atom. The molecule has 3 rings (SSSR count). The van der Waals surface area contributed by atoms with Gasteiger partial charge in [0.25, 0.3) is 0 Å². The van der Waals surface area contributed by atoms with E-state index in [0.717, 1.165) is 24.0 Å². The molecular weight excluding hydrogens is 328 g/mol. The Morgan fingerprint density at radius 1 is 1.19 bits per heavy atom. The van der Waals surface area contributed by atoms with E-state index in [2.05, 4.69) is 27.4 Å². The number of carbonyl (C=O) groups is 1. The molecule has 3 aromatic rings. The quantitative estimate of drug-likeness (QED) is 0.669. The van der Waals surface area contributed by atoms with E-state index in [1.165, 1.54) is 0 Å². The number of rotatable bonds is 8. The third kappa shape index (κ3) is 4.75. The highest BCUT2D eigenvalue weighted by atomic mass is 16.5. The van der Waals surface area contributed by atoms with Gasteiger partial charge in [0.1, 0.15) is 0 Å². The van der Waals surface area contributed by atoms with Crippen LogP contribution in [0, 0.1) is 0 Å². The summed E-state index contributed by atoms with van der Waals surface area (Å²) in [6, 6.07) is 13.7. The molecule has 1 aromatic carbocycles. The van der Waals surface area contributed by atoms with Gasteiger partial charge < -0.3 is 9.84 Å². The zero-order valence-electron chi connectivity index (χ0n) is 14.8. The highest BCUT2D eigenvalue weighted by Crippen LogP contribution is 2.19. The first-order valence-electron chi connectivity index (χ1n) is 8.83. The summed E-state index contributed by atoms with van der Waals surface area (Å²) in [5.74, 6) is 0.917. The van der Waals surface area contributed by atoms with E-state index >= 15 is 0 Å². The van der Waals surface area contributed by atoms with E-state index in [0.29, 0.717) is 24.6 Å². The van der Waals surface area contributed by atoms with Crippen molar-refractivity contribution in [2.45, 2.75) is 38.6 Å². The van der Waals surface area contributed by atoms with E-state index in [4.69, 9.17) is 4.52 Å².